The molecule has 0 saturated carbocycles. The van der Waals surface area contributed by atoms with Crippen LogP contribution in [0.1, 0.15) is 0 Å². The summed E-state index contributed by atoms with van der Waals surface area (Å²) in [4.78, 5) is 2.94. The van der Waals surface area contributed by atoms with Crippen LogP contribution < -0.4 is 0 Å². The first kappa shape index (κ1) is 6.06. The number of diazo groups is 1. The molecule has 2 nitrogen and oxygen atoms in total. The molecule has 0 bridgehead atoms. The van der Waals surface area contributed by atoms with Gasteiger partial charge in [-0.15, -0.1) is 0 Å². The second-order valence-corrected chi connectivity index (χ2v) is 1.96. The molecule has 1 aromatic rings. The summed E-state index contributed by atoms with van der Waals surface area (Å²) in [5.74, 6) is 0. The van der Waals surface area contributed by atoms with Gasteiger partial charge in [-0.1, -0.05) is 23.7 Å². The third-order valence-electron chi connectivity index (χ3n) is 0.960. The summed E-state index contributed by atoms with van der Waals surface area (Å²) in [5, 5.41) is 8.72. The van der Waals surface area contributed by atoms with Crippen molar-refractivity contribution < 1.29 is 0 Å². The minimum atomic E-state index is 0.402. The first-order chi connectivity index (χ1) is 4.34. The lowest BCUT2D eigenvalue weighted by atomic mass is 10.3. The van der Waals surface area contributed by atoms with Crippen molar-refractivity contribution in [3.63, 3.8) is 0 Å². The number of benzene rings is 1. The van der Waals surface area contributed by atoms with E-state index in [9.17, 15) is 0 Å². The molecule has 0 amide bonds. The monoisotopic (exact) mass is 139 g/mol. The molecule has 0 unspecified atom stereocenters. The van der Waals surface area contributed by atoms with Gasteiger partial charge in [0, 0.05) is 6.07 Å². The van der Waals surface area contributed by atoms with Crippen LogP contribution in [0.3, 0.4) is 0 Å². The van der Waals surface area contributed by atoms with E-state index in [4.69, 9.17) is 17.0 Å². The van der Waals surface area contributed by atoms with Crippen molar-refractivity contribution >= 4 is 17.3 Å². The Morgan fingerprint density at radius 1 is 1.33 bits per heavy atom. The van der Waals surface area contributed by atoms with Crippen molar-refractivity contribution in [2.45, 2.75) is 0 Å². The molecule has 0 heterocycles. The zero-order valence-corrected chi connectivity index (χ0v) is 5.34. The Bertz CT molecular complexity index is 251. The van der Waals surface area contributed by atoms with Crippen molar-refractivity contribution in [3.05, 3.63) is 34.3 Å². The van der Waals surface area contributed by atoms with Crippen LogP contribution in [-0.2, 0) is 0 Å². The molecule has 0 radical (unpaired) electrons. The molecule has 1 rings (SSSR count). The topological polar surface area (TPSA) is 28.1 Å². The molecule has 44 valence electrons. The number of halogens is 1. The SMILES string of the molecule is N#[N+]c1ccccc1Cl. The van der Waals surface area contributed by atoms with Gasteiger partial charge < -0.3 is 0 Å². The maximum Gasteiger partial charge on any atom is 0.403 e. The van der Waals surface area contributed by atoms with Crippen LogP contribution in [0.15, 0.2) is 24.3 Å². The Hall–Kier alpha value is -1.07. The van der Waals surface area contributed by atoms with Crippen LogP contribution in [0.2, 0.25) is 5.02 Å². The van der Waals surface area contributed by atoms with Crippen LogP contribution in [0, 0.1) is 5.39 Å². The first-order valence-corrected chi connectivity index (χ1v) is 2.82. The molecule has 0 spiro atoms. The lowest BCUT2D eigenvalue weighted by Gasteiger charge is -1.78. The summed E-state index contributed by atoms with van der Waals surface area (Å²) < 4.78 is 0. The highest BCUT2D eigenvalue weighted by atomic mass is 35.5. The number of rotatable bonds is 0. The van der Waals surface area contributed by atoms with Crippen molar-refractivity contribution in [2.75, 3.05) is 0 Å². The third-order valence-corrected chi connectivity index (χ3v) is 1.28. The molecular formula is C6H4ClN2+. The average Bonchev–Trinajstić information content (AvgIpc) is 1.89. The number of nitrogens with zero attached hydrogens (tertiary/aromatic N) is 2. The smallest absolute Gasteiger partial charge is 0.0755 e. The largest absolute Gasteiger partial charge is 0.403 e. The van der Waals surface area contributed by atoms with E-state index in [-0.39, 0.29) is 0 Å². The minimum absolute atomic E-state index is 0.402. The van der Waals surface area contributed by atoms with Gasteiger partial charge in [0.2, 0.25) is 5.39 Å². The van der Waals surface area contributed by atoms with E-state index in [1.54, 1.807) is 24.3 Å². The maximum atomic E-state index is 8.26. The average molecular weight is 140 g/mol. The van der Waals surface area contributed by atoms with E-state index in [0.29, 0.717) is 10.7 Å². The Kier molecular flexibility index (Phi) is 1.66. The third kappa shape index (κ3) is 1.18. The maximum absolute atomic E-state index is 8.26. The zero-order chi connectivity index (χ0) is 6.69. The first-order valence-electron chi connectivity index (χ1n) is 2.44. The predicted octanol–water partition coefficient (Wildman–Crippen LogP) is 2.82. The number of hydrogen-bond acceptors (Lipinski definition) is 1. The molecule has 0 aliphatic heterocycles. The summed E-state index contributed by atoms with van der Waals surface area (Å²) in [7, 11) is 0. The van der Waals surface area contributed by atoms with Crippen LogP contribution in [0.5, 0.6) is 0 Å². The van der Waals surface area contributed by atoms with Crippen molar-refractivity contribution in [3.8, 4) is 0 Å². The van der Waals surface area contributed by atoms with E-state index in [2.05, 4.69) is 4.98 Å². The highest BCUT2D eigenvalue weighted by molar-refractivity contribution is 6.33. The summed E-state index contributed by atoms with van der Waals surface area (Å²) in [6.07, 6.45) is 0. The lowest BCUT2D eigenvalue weighted by molar-refractivity contribution is 1.46. The number of hydrogen-bond donors (Lipinski definition) is 0. The molecule has 0 saturated heterocycles. The second kappa shape index (κ2) is 2.47. The van der Waals surface area contributed by atoms with Gasteiger partial charge in [-0.25, -0.2) is 0 Å². The molecule has 9 heavy (non-hydrogen) atoms. The lowest BCUT2D eigenvalue weighted by Crippen LogP contribution is -1.60. The van der Waals surface area contributed by atoms with Gasteiger partial charge in [-0.3, -0.25) is 0 Å². The highest BCUT2D eigenvalue weighted by Crippen LogP contribution is 2.22. The van der Waals surface area contributed by atoms with Gasteiger partial charge in [-0.2, -0.15) is 0 Å². The summed E-state index contributed by atoms with van der Waals surface area (Å²) in [6.45, 7) is 0. The molecule has 0 aromatic heterocycles. The summed E-state index contributed by atoms with van der Waals surface area (Å²) in [6, 6.07) is 6.82. The van der Waals surface area contributed by atoms with E-state index >= 15 is 0 Å². The van der Waals surface area contributed by atoms with E-state index in [0.717, 1.165) is 0 Å². The molecule has 0 fully saturated rings. The van der Waals surface area contributed by atoms with E-state index in [1.807, 2.05) is 0 Å². The summed E-state index contributed by atoms with van der Waals surface area (Å²) >= 11 is 5.57. The molecule has 0 atom stereocenters. The Morgan fingerprint density at radius 2 is 2.00 bits per heavy atom. The van der Waals surface area contributed by atoms with Crippen LogP contribution in [0.25, 0.3) is 4.98 Å². The van der Waals surface area contributed by atoms with Crippen molar-refractivity contribution in [1.82, 2.24) is 0 Å². The fourth-order valence-corrected chi connectivity index (χ4v) is 0.706. The standard InChI is InChI=1S/C6H4ClN2/c7-5-3-1-2-4-6(5)9-8/h1-4H/q+1. The van der Waals surface area contributed by atoms with Gasteiger partial charge in [-0.05, 0) is 6.07 Å². The fourth-order valence-electron chi connectivity index (χ4n) is 0.533. The molecule has 0 N–H and O–H groups in total. The van der Waals surface area contributed by atoms with Crippen molar-refractivity contribution in [2.24, 2.45) is 0 Å². The zero-order valence-electron chi connectivity index (χ0n) is 4.58. The molecule has 3 heteroatoms. The van der Waals surface area contributed by atoms with Gasteiger partial charge in [0.1, 0.15) is 5.02 Å². The van der Waals surface area contributed by atoms with Gasteiger partial charge in [0.05, 0.1) is 0 Å². The van der Waals surface area contributed by atoms with E-state index in [1.165, 1.54) is 0 Å². The predicted molar refractivity (Wildman–Crippen MR) is 36.2 cm³/mol. The fraction of sp³-hybridized carbons (Fsp3) is 0. The quantitative estimate of drug-likeness (QED) is 0.508. The molecule has 0 aliphatic carbocycles. The van der Waals surface area contributed by atoms with E-state index < -0.39 is 0 Å². The normalized spacial score (nSPS) is 8.44. The Balaban J connectivity index is 3.20. The molecule has 1 aromatic carbocycles. The van der Waals surface area contributed by atoms with Gasteiger partial charge in [0.15, 0.2) is 4.98 Å². The van der Waals surface area contributed by atoms with Gasteiger partial charge >= 0.3 is 5.69 Å². The molecular weight excluding hydrogens is 136 g/mol. The Labute approximate surface area is 57.7 Å². The Morgan fingerprint density at radius 3 is 2.44 bits per heavy atom. The minimum Gasteiger partial charge on any atom is -0.0755 e. The van der Waals surface area contributed by atoms with Gasteiger partial charge in [0.25, 0.3) is 0 Å². The highest BCUT2D eigenvalue weighted by Gasteiger charge is 2.07. The molecule has 0 aliphatic rings. The van der Waals surface area contributed by atoms with Crippen LogP contribution in [-0.4, -0.2) is 0 Å². The van der Waals surface area contributed by atoms with Crippen molar-refractivity contribution in [1.29, 1.82) is 5.39 Å². The van der Waals surface area contributed by atoms with Crippen LogP contribution >= 0.6 is 11.6 Å². The van der Waals surface area contributed by atoms with Crippen LogP contribution in [0.4, 0.5) is 5.69 Å². The second-order valence-electron chi connectivity index (χ2n) is 1.55. The summed E-state index contributed by atoms with van der Waals surface area (Å²) in [5.41, 5.74) is 0.402.